The predicted octanol–water partition coefficient (Wildman–Crippen LogP) is 7.58. The van der Waals surface area contributed by atoms with Gasteiger partial charge in [0.15, 0.2) is 0 Å². The van der Waals surface area contributed by atoms with Gasteiger partial charge in [0.2, 0.25) is 5.67 Å². The van der Waals surface area contributed by atoms with Crippen LogP contribution in [0.1, 0.15) is 11.1 Å². The van der Waals surface area contributed by atoms with Crippen LogP contribution in [-0.2, 0) is 5.67 Å². The number of hydrogen-bond donors (Lipinski definition) is 0. The first kappa shape index (κ1) is 24.5. The molecule has 2 aromatic rings. The fraction of sp³-hybridized carbons (Fsp3) is 0.294. The molecule has 0 N–H and O–H groups in total. The maximum absolute atomic E-state index is 16.0. The molecule has 0 heterocycles. The largest absolute Gasteiger partial charge is 0.460 e. The van der Waals surface area contributed by atoms with Crippen molar-refractivity contribution in [2.24, 2.45) is 0 Å². The lowest BCUT2D eigenvalue weighted by molar-refractivity contribution is -0.410. The summed E-state index contributed by atoms with van der Waals surface area (Å²) in [6.45, 7) is 0. The van der Waals surface area contributed by atoms with E-state index in [2.05, 4.69) is 0 Å². The van der Waals surface area contributed by atoms with Gasteiger partial charge in [-0.1, -0.05) is 36.4 Å². The lowest BCUT2D eigenvalue weighted by Crippen LogP contribution is -2.66. The average Bonchev–Trinajstić information content (AvgIpc) is 2.60. The van der Waals surface area contributed by atoms with Crippen LogP contribution in [-0.4, -0.2) is 23.9 Å². The molecule has 0 spiro atoms. The van der Waals surface area contributed by atoms with E-state index >= 15 is 4.39 Å². The first-order valence-corrected chi connectivity index (χ1v) is 9.58. The highest BCUT2D eigenvalue weighted by atomic mass is 127. The Morgan fingerprint density at radius 1 is 0.483 bits per heavy atom. The lowest BCUT2D eigenvalue weighted by Gasteiger charge is -2.42. The minimum Gasteiger partial charge on any atom is -0.226 e. The zero-order valence-electron chi connectivity index (χ0n) is 13.7. The van der Waals surface area contributed by atoms with Gasteiger partial charge in [0.05, 0.1) is 0 Å². The molecule has 0 aromatic heterocycles. The van der Waals surface area contributed by atoms with Crippen LogP contribution in [0.4, 0.5) is 43.9 Å². The van der Waals surface area contributed by atoms with Crippen molar-refractivity contribution < 1.29 is 43.9 Å². The molecule has 0 amide bonds. The van der Waals surface area contributed by atoms with E-state index in [1.807, 2.05) is 0 Å². The maximum Gasteiger partial charge on any atom is 0.460 e. The van der Waals surface area contributed by atoms with E-state index < -0.39 is 40.7 Å². The Bertz CT molecular complexity index is 846. The van der Waals surface area contributed by atoms with Gasteiger partial charge in [-0.2, -0.15) is 39.5 Å². The zero-order chi connectivity index (χ0) is 22.5. The van der Waals surface area contributed by atoms with E-state index in [-0.39, 0.29) is 7.14 Å². The third kappa shape index (κ3) is 3.61. The average molecular weight is 656 g/mol. The molecule has 0 bridgehead atoms. The van der Waals surface area contributed by atoms with Gasteiger partial charge >= 0.3 is 23.9 Å². The standard InChI is InChI=1S/C17H8F10I2/c18-13(9-5-1-3-7-11(9)28,10-6-2-4-8-12(10)29)14(19,20)15(21,22)16(23,24)17(25,26)27/h1-8H. The Morgan fingerprint density at radius 2 is 0.828 bits per heavy atom. The molecule has 0 unspecified atom stereocenters. The molecule has 0 saturated carbocycles. The summed E-state index contributed by atoms with van der Waals surface area (Å²) in [6, 6.07) is 7.69. The van der Waals surface area contributed by atoms with Crippen molar-refractivity contribution in [1.29, 1.82) is 0 Å². The van der Waals surface area contributed by atoms with Gasteiger partial charge < -0.3 is 0 Å². The van der Waals surface area contributed by atoms with Crippen LogP contribution in [0.25, 0.3) is 0 Å². The van der Waals surface area contributed by atoms with E-state index in [0.29, 0.717) is 12.1 Å². The summed E-state index contributed by atoms with van der Waals surface area (Å²) in [6.07, 6.45) is -7.05. The lowest BCUT2D eigenvalue weighted by atomic mass is 9.78. The second-order valence-electron chi connectivity index (χ2n) is 5.84. The van der Waals surface area contributed by atoms with Crippen molar-refractivity contribution in [3.8, 4) is 0 Å². The van der Waals surface area contributed by atoms with Crippen LogP contribution in [0, 0.1) is 7.14 Å². The molecule has 160 valence electrons. The highest BCUT2D eigenvalue weighted by Gasteiger charge is 2.86. The second kappa shape index (κ2) is 7.71. The molecule has 12 heteroatoms. The molecular weight excluding hydrogens is 648 g/mol. The fourth-order valence-corrected chi connectivity index (χ4v) is 4.07. The van der Waals surface area contributed by atoms with Crippen molar-refractivity contribution in [2.75, 3.05) is 0 Å². The Hall–Kier alpha value is -0.800. The fourth-order valence-electron chi connectivity index (χ4n) is 2.56. The number of rotatable bonds is 5. The topological polar surface area (TPSA) is 0 Å². The second-order valence-corrected chi connectivity index (χ2v) is 8.16. The highest BCUT2D eigenvalue weighted by molar-refractivity contribution is 14.1. The molecule has 0 fully saturated rings. The maximum atomic E-state index is 16.0. The van der Waals surface area contributed by atoms with Crippen molar-refractivity contribution in [1.82, 2.24) is 0 Å². The Balaban J connectivity index is 2.93. The molecule has 0 aliphatic heterocycles. The van der Waals surface area contributed by atoms with Gasteiger partial charge in [0.25, 0.3) is 0 Å². The van der Waals surface area contributed by atoms with Crippen LogP contribution in [0.3, 0.4) is 0 Å². The van der Waals surface area contributed by atoms with Gasteiger partial charge in [-0.05, 0) is 57.3 Å². The van der Waals surface area contributed by atoms with E-state index in [9.17, 15) is 39.5 Å². The van der Waals surface area contributed by atoms with Crippen molar-refractivity contribution in [2.45, 2.75) is 29.6 Å². The number of benzene rings is 2. The van der Waals surface area contributed by atoms with Gasteiger partial charge in [-0.25, -0.2) is 4.39 Å². The normalized spacial score (nSPS) is 14.2. The summed E-state index contributed by atoms with van der Waals surface area (Å²) in [5.41, 5.74) is -7.06. The molecule has 2 aromatic carbocycles. The van der Waals surface area contributed by atoms with Gasteiger partial charge in [0, 0.05) is 18.3 Å². The van der Waals surface area contributed by atoms with Gasteiger partial charge in [-0.3, -0.25) is 0 Å². The highest BCUT2D eigenvalue weighted by Crippen LogP contribution is 2.61. The predicted molar refractivity (Wildman–Crippen MR) is 101 cm³/mol. The first-order chi connectivity index (χ1) is 13.0. The Labute approximate surface area is 184 Å². The van der Waals surface area contributed by atoms with Crippen LogP contribution in [0.15, 0.2) is 48.5 Å². The van der Waals surface area contributed by atoms with E-state index in [4.69, 9.17) is 0 Å². The SMILES string of the molecule is FC(F)(F)C(F)(F)C(F)(F)C(F)(F)C(F)(c1ccccc1I)c1ccccc1I. The summed E-state index contributed by atoms with van der Waals surface area (Å²) >= 11 is 2.60. The minimum absolute atomic E-state index is 0.377. The molecule has 0 atom stereocenters. The Morgan fingerprint density at radius 3 is 1.14 bits per heavy atom. The summed E-state index contributed by atoms with van der Waals surface area (Å²) in [4.78, 5) is 0. The molecule has 0 aliphatic rings. The third-order valence-electron chi connectivity index (χ3n) is 4.07. The smallest absolute Gasteiger partial charge is 0.226 e. The minimum atomic E-state index is -7.21. The molecule has 0 nitrogen and oxygen atoms in total. The van der Waals surface area contributed by atoms with Crippen molar-refractivity contribution >= 4 is 45.2 Å². The molecule has 2 rings (SSSR count). The summed E-state index contributed by atoms with van der Waals surface area (Å²) in [5, 5.41) is 0. The third-order valence-corrected chi connectivity index (χ3v) is 5.95. The molecule has 0 aliphatic carbocycles. The van der Waals surface area contributed by atoms with E-state index in [0.717, 1.165) is 24.3 Å². The molecule has 29 heavy (non-hydrogen) atoms. The van der Waals surface area contributed by atoms with E-state index in [1.165, 1.54) is 57.3 Å². The summed E-state index contributed by atoms with van der Waals surface area (Å²) in [7, 11) is 0. The number of hydrogen-bond acceptors (Lipinski definition) is 0. The van der Waals surface area contributed by atoms with Crippen LogP contribution in [0.2, 0.25) is 0 Å². The number of halogens is 12. The van der Waals surface area contributed by atoms with Crippen LogP contribution >= 0.6 is 45.2 Å². The number of alkyl halides is 10. The monoisotopic (exact) mass is 656 g/mol. The van der Waals surface area contributed by atoms with Crippen molar-refractivity contribution in [3.63, 3.8) is 0 Å². The molecule has 0 saturated heterocycles. The van der Waals surface area contributed by atoms with Crippen LogP contribution < -0.4 is 0 Å². The molecule has 0 radical (unpaired) electrons. The van der Waals surface area contributed by atoms with Crippen LogP contribution in [0.5, 0.6) is 0 Å². The quantitative estimate of drug-likeness (QED) is 0.230. The van der Waals surface area contributed by atoms with E-state index in [1.54, 1.807) is 0 Å². The summed E-state index contributed by atoms with van der Waals surface area (Å²) in [5.74, 6) is -20.8. The Kier molecular flexibility index (Phi) is 6.51. The first-order valence-electron chi connectivity index (χ1n) is 7.42. The summed E-state index contributed by atoms with van der Waals surface area (Å²) < 4.78 is 138. The van der Waals surface area contributed by atoms with Crippen molar-refractivity contribution in [3.05, 3.63) is 66.8 Å². The molecular formula is C17H8F10I2. The van der Waals surface area contributed by atoms with Gasteiger partial charge in [-0.15, -0.1) is 0 Å². The zero-order valence-corrected chi connectivity index (χ0v) is 18.0. The van der Waals surface area contributed by atoms with Gasteiger partial charge in [0.1, 0.15) is 0 Å².